The van der Waals surface area contributed by atoms with Crippen LogP contribution in [-0.4, -0.2) is 47.2 Å². The second kappa shape index (κ2) is 12.1. The minimum Gasteiger partial charge on any atom is -0.327 e. The van der Waals surface area contributed by atoms with Crippen LogP contribution in [0.15, 0.2) is 83.8 Å². The number of urea groups is 1. The van der Waals surface area contributed by atoms with Crippen LogP contribution in [0, 0.1) is 0 Å². The van der Waals surface area contributed by atoms with Gasteiger partial charge in [0.05, 0.1) is 10.9 Å². The monoisotopic (exact) mass is 571 g/mol. The van der Waals surface area contributed by atoms with Gasteiger partial charge in [-0.15, -0.1) is 5.10 Å². The Hall–Kier alpha value is -4.84. The van der Waals surface area contributed by atoms with Crippen LogP contribution in [0.2, 0.25) is 0 Å². The molecule has 1 aliphatic carbocycles. The van der Waals surface area contributed by atoms with E-state index in [0.717, 1.165) is 35.8 Å². The summed E-state index contributed by atoms with van der Waals surface area (Å²) in [5.74, 6) is -0.348. The molecule has 0 saturated heterocycles. The number of carbonyl (C=O) groups is 2. The fourth-order valence-corrected chi connectivity index (χ4v) is 5.33. The van der Waals surface area contributed by atoms with Gasteiger partial charge in [-0.3, -0.25) is 10.1 Å². The molecule has 5 rings (SSSR count). The second-order valence-corrected chi connectivity index (χ2v) is 11.8. The number of hydrogen-bond donors (Lipinski definition) is 4. The van der Waals surface area contributed by atoms with Crippen molar-refractivity contribution in [2.75, 3.05) is 16.9 Å². The van der Waals surface area contributed by atoms with Crippen LogP contribution in [0.1, 0.15) is 58.8 Å². The third kappa shape index (κ3) is 7.03. The Balaban J connectivity index is 1.39. The van der Waals surface area contributed by atoms with Crippen molar-refractivity contribution in [2.24, 2.45) is 0 Å². The normalized spacial score (nSPS) is 14.0. The van der Waals surface area contributed by atoms with Gasteiger partial charge in [-0.2, -0.15) is 5.21 Å². The maximum absolute atomic E-state index is 13.1. The average Bonchev–Trinajstić information content (AvgIpc) is 3.49. The number of nitrogens with one attached hydrogen (secondary N) is 4. The van der Waals surface area contributed by atoms with Crippen molar-refractivity contribution in [1.82, 2.24) is 25.9 Å². The summed E-state index contributed by atoms with van der Waals surface area (Å²) in [6.45, 7) is 0. The van der Waals surface area contributed by atoms with E-state index in [4.69, 9.17) is 0 Å². The first-order valence-corrected chi connectivity index (χ1v) is 15.0. The molecule has 0 bridgehead atoms. The zero-order valence-electron chi connectivity index (χ0n) is 22.3. The van der Waals surface area contributed by atoms with Gasteiger partial charge in [0.2, 0.25) is 0 Å². The predicted molar refractivity (Wildman–Crippen MR) is 155 cm³/mol. The van der Waals surface area contributed by atoms with Gasteiger partial charge in [0, 0.05) is 17.5 Å². The number of rotatable bonds is 8. The van der Waals surface area contributed by atoms with Crippen molar-refractivity contribution in [3.8, 4) is 0 Å². The first kappa shape index (κ1) is 27.7. The highest BCUT2D eigenvalue weighted by Gasteiger charge is 2.19. The van der Waals surface area contributed by atoms with E-state index in [1.54, 1.807) is 36.4 Å². The van der Waals surface area contributed by atoms with Crippen LogP contribution in [0.3, 0.4) is 0 Å². The molecular formula is C29H29N7O4S. The van der Waals surface area contributed by atoms with E-state index >= 15 is 0 Å². The average molecular weight is 572 g/mol. The summed E-state index contributed by atoms with van der Waals surface area (Å²) < 4.78 is 23.9. The van der Waals surface area contributed by atoms with Crippen molar-refractivity contribution in [3.05, 3.63) is 101 Å². The molecule has 0 radical (unpaired) electrons. The van der Waals surface area contributed by atoms with Gasteiger partial charge < -0.3 is 10.6 Å². The first-order chi connectivity index (χ1) is 19.8. The van der Waals surface area contributed by atoms with Gasteiger partial charge in [0.25, 0.3) is 11.9 Å². The number of sulfone groups is 1. The van der Waals surface area contributed by atoms with E-state index in [9.17, 15) is 18.0 Å². The molecular weight excluding hydrogens is 542 g/mol. The molecule has 4 aromatic rings. The third-order valence-electron chi connectivity index (χ3n) is 6.78. The SMILES string of the molecule is CS(=O)(=O)c1cccc(NC(=O)NC(c2ccc(C(=O)Nc3nn[nH]n3)cc2)c2ccc(C3=CCCCC3)cc2)c1. The number of hydrogen-bond acceptors (Lipinski definition) is 7. The van der Waals surface area contributed by atoms with E-state index in [0.29, 0.717) is 11.3 Å². The first-order valence-electron chi connectivity index (χ1n) is 13.1. The lowest BCUT2D eigenvalue weighted by atomic mass is 9.91. The highest BCUT2D eigenvalue weighted by atomic mass is 32.2. The zero-order valence-corrected chi connectivity index (χ0v) is 23.1. The number of anilines is 2. The van der Waals surface area contributed by atoms with Gasteiger partial charge in [0.1, 0.15) is 0 Å². The Morgan fingerprint density at radius 2 is 1.66 bits per heavy atom. The number of nitrogens with zero attached hydrogens (tertiary/aromatic N) is 3. The summed E-state index contributed by atoms with van der Waals surface area (Å²) in [4.78, 5) is 25.8. The number of tetrazole rings is 1. The van der Waals surface area contributed by atoms with Crippen LogP contribution in [0.5, 0.6) is 0 Å². The number of benzene rings is 3. The van der Waals surface area contributed by atoms with Crippen LogP contribution >= 0.6 is 0 Å². The maximum Gasteiger partial charge on any atom is 0.319 e. The number of amides is 3. The summed E-state index contributed by atoms with van der Waals surface area (Å²) >= 11 is 0. The summed E-state index contributed by atoms with van der Waals surface area (Å²) in [5.41, 5.74) is 4.78. The second-order valence-electron chi connectivity index (χ2n) is 9.74. The van der Waals surface area contributed by atoms with E-state index in [-0.39, 0.29) is 10.8 Å². The highest BCUT2D eigenvalue weighted by Crippen LogP contribution is 2.29. The molecule has 1 aromatic heterocycles. The molecule has 1 aliphatic rings. The molecule has 11 nitrogen and oxygen atoms in total. The largest absolute Gasteiger partial charge is 0.327 e. The van der Waals surface area contributed by atoms with Crippen molar-refractivity contribution in [3.63, 3.8) is 0 Å². The van der Waals surface area contributed by atoms with Crippen molar-refractivity contribution in [1.29, 1.82) is 0 Å². The Morgan fingerprint density at radius 1 is 0.927 bits per heavy atom. The lowest BCUT2D eigenvalue weighted by Gasteiger charge is -2.21. The molecule has 210 valence electrons. The molecule has 0 spiro atoms. The molecule has 3 aromatic carbocycles. The molecule has 1 unspecified atom stereocenters. The van der Waals surface area contributed by atoms with Crippen LogP contribution < -0.4 is 16.0 Å². The maximum atomic E-state index is 13.1. The Bertz CT molecular complexity index is 1670. The molecule has 0 aliphatic heterocycles. The van der Waals surface area contributed by atoms with Gasteiger partial charge in [-0.1, -0.05) is 53.6 Å². The smallest absolute Gasteiger partial charge is 0.319 e. The van der Waals surface area contributed by atoms with Crippen molar-refractivity contribution in [2.45, 2.75) is 36.6 Å². The summed E-state index contributed by atoms with van der Waals surface area (Å²) in [6.07, 6.45) is 7.90. The predicted octanol–water partition coefficient (Wildman–Crippen LogP) is 4.72. The van der Waals surface area contributed by atoms with E-state index in [1.165, 1.54) is 30.5 Å². The molecule has 3 amide bonds. The molecule has 1 atom stereocenters. The van der Waals surface area contributed by atoms with Crippen LogP contribution in [0.25, 0.3) is 5.57 Å². The molecule has 41 heavy (non-hydrogen) atoms. The Labute approximate surface area is 237 Å². The minimum absolute atomic E-state index is 0.0587. The number of allylic oxidation sites excluding steroid dienone is 2. The lowest BCUT2D eigenvalue weighted by Crippen LogP contribution is -2.33. The fourth-order valence-electron chi connectivity index (χ4n) is 4.67. The summed E-state index contributed by atoms with van der Waals surface area (Å²) in [5, 5.41) is 21.4. The molecule has 0 saturated carbocycles. The van der Waals surface area contributed by atoms with Gasteiger partial charge in [-0.25, -0.2) is 13.2 Å². The number of aromatic amines is 1. The zero-order chi connectivity index (χ0) is 28.8. The molecule has 0 fully saturated rings. The minimum atomic E-state index is -3.43. The Morgan fingerprint density at radius 3 is 2.29 bits per heavy atom. The number of H-pyrrole nitrogens is 1. The van der Waals surface area contributed by atoms with E-state index < -0.39 is 27.8 Å². The van der Waals surface area contributed by atoms with Gasteiger partial charge in [0.15, 0.2) is 9.84 Å². The third-order valence-corrected chi connectivity index (χ3v) is 7.89. The van der Waals surface area contributed by atoms with Gasteiger partial charge in [-0.05, 0) is 83.5 Å². The highest BCUT2D eigenvalue weighted by molar-refractivity contribution is 7.90. The molecule has 4 N–H and O–H groups in total. The molecule has 1 heterocycles. The topological polar surface area (TPSA) is 159 Å². The van der Waals surface area contributed by atoms with Crippen molar-refractivity contribution >= 4 is 39.0 Å². The van der Waals surface area contributed by atoms with Gasteiger partial charge >= 0.3 is 6.03 Å². The standard InChI is InChI=1S/C29H29N7O4S/c1-41(39,40)25-9-5-8-24(18-25)30-29(38)31-26(21-12-10-20(11-13-21)19-6-3-2-4-7-19)22-14-16-23(17-15-22)27(37)32-28-33-35-36-34-28/h5-6,8-18,26H,2-4,7H2,1H3,(H2,30,31,38)(H2,32,33,34,35,36,37). The van der Waals surface area contributed by atoms with E-state index in [1.807, 2.05) is 12.1 Å². The number of carbonyl (C=O) groups excluding carboxylic acids is 2. The molecule has 12 heteroatoms. The summed E-state index contributed by atoms with van der Waals surface area (Å²) in [7, 11) is -3.43. The Kier molecular flexibility index (Phi) is 8.20. The fraction of sp³-hybridized carbons (Fsp3) is 0.207. The number of aromatic nitrogens is 4. The van der Waals surface area contributed by atoms with E-state index in [2.05, 4.69) is 54.8 Å². The lowest BCUT2D eigenvalue weighted by molar-refractivity contribution is 0.102. The summed E-state index contributed by atoms with van der Waals surface area (Å²) in [6, 6.07) is 19.9. The van der Waals surface area contributed by atoms with Crippen LogP contribution in [-0.2, 0) is 9.84 Å². The van der Waals surface area contributed by atoms with Crippen molar-refractivity contribution < 1.29 is 18.0 Å². The quantitative estimate of drug-likeness (QED) is 0.238. The van der Waals surface area contributed by atoms with Crippen LogP contribution in [0.4, 0.5) is 16.4 Å².